The molecule has 0 spiro atoms. The average molecular weight is 358 g/mol. The smallest absolute Gasteiger partial charge is 0.416 e. The summed E-state index contributed by atoms with van der Waals surface area (Å²) in [4.78, 5) is 35.0. The van der Waals surface area contributed by atoms with E-state index in [1.54, 1.807) is 24.3 Å². The van der Waals surface area contributed by atoms with Crippen LogP contribution in [0.3, 0.4) is 0 Å². The van der Waals surface area contributed by atoms with Crippen LogP contribution < -0.4 is 4.74 Å². The Morgan fingerprint density at radius 1 is 1.24 bits per heavy atom. The molecule has 1 heterocycles. The third-order valence-electron chi connectivity index (χ3n) is 2.59. The molecular formula is C13H12BrNO6. The Bertz CT molecular complexity index is 544. The Labute approximate surface area is 128 Å². The molecule has 1 aliphatic heterocycles. The molecule has 0 atom stereocenters. The Morgan fingerprint density at radius 3 is 2.57 bits per heavy atom. The molecule has 7 nitrogen and oxygen atoms in total. The van der Waals surface area contributed by atoms with E-state index in [2.05, 4.69) is 20.7 Å². The number of amides is 2. The monoisotopic (exact) mass is 357 g/mol. The van der Waals surface area contributed by atoms with Gasteiger partial charge in [-0.2, -0.15) is 0 Å². The van der Waals surface area contributed by atoms with Crippen molar-refractivity contribution in [2.75, 3.05) is 26.4 Å². The van der Waals surface area contributed by atoms with Crippen LogP contribution in [0.2, 0.25) is 0 Å². The Hall–Kier alpha value is -2.09. The number of ether oxygens (including phenoxy) is 3. The lowest BCUT2D eigenvalue weighted by Crippen LogP contribution is -2.35. The molecule has 8 heteroatoms. The number of imide groups is 1. The van der Waals surface area contributed by atoms with Gasteiger partial charge in [0.05, 0.1) is 6.54 Å². The molecule has 0 radical (unpaired) electrons. The van der Waals surface area contributed by atoms with Crippen molar-refractivity contribution in [3.63, 3.8) is 0 Å². The van der Waals surface area contributed by atoms with Crippen LogP contribution in [0, 0.1) is 0 Å². The van der Waals surface area contributed by atoms with Crippen molar-refractivity contribution in [2.45, 2.75) is 0 Å². The van der Waals surface area contributed by atoms with Crippen LogP contribution in [0.1, 0.15) is 0 Å². The molecule has 0 N–H and O–H groups in total. The number of nitrogens with zero attached hydrogens (tertiary/aromatic N) is 1. The van der Waals surface area contributed by atoms with E-state index >= 15 is 0 Å². The number of esters is 1. The summed E-state index contributed by atoms with van der Waals surface area (Å²) < 4.78 is 15.4. The summed E-state index contributed by atoms with van der Waals surface area (Å²) in [5.74, 6) is -0.807. The zero-order valence-electron chi connectivity index (χ0n) is 10.9. The quantitative estimate of drug-likeness (QED) is 0.739. The zero-order chi connectivity index (χ0) is 15.2. The van der Waals surface area contributed by atoms with Gasteiger partial charge in [0.1, 0.15) is 12.4 Å². The average Bonchev–Trinajstić information content (AvgIpc) is 2.90. The van der Waals surface area contributed by atoms with Crippen LogP contribution in [0.15, 0.2) is 28.7 Å². The molecule has 1 aliphatic rings. The first kappa shape index (κ1) is 15.3. The van der Waals surface area contributed by atoms with E-state index in [9.17, 15) is 14.4 Å². The molecule has 0 unspecified atom stereocenters. The molecule has 0 aliphatic carbocycles. The first-order valence-electron chi connectivity index (χ1n) is 6.07. The van der Waals surface area contributed by atoms with Gasteiger partial charge in [0, 0.05) is 4.47 Å². The van der Waals surface area contributed by atoms with Crippen LogP contribution >= 0.6 is 15.9 Å². The Morgan fingerprint density at radius 2 is 1.95 bits per heavy atom. The second-order valence-electron chi connectivity index (χ2n) is 4.06. The molecule has 0 bridgehead atoms. The van der Waals surface area contributed by atoms with Crippen LogP contribution in [0.5, 0.6) is 5.75 Å². The second kappa shape index (κ2) is 7.07. The normalized spacial score (nSPS) is 13.8. The third-order valence-corrected chi connectivity index (χ3v) is 3.12. The van der Waals surface area contributed by atoms with Crippen molar-refractivity contribution < 1.29 is 28.6 Å². The summed E-state index contributed by atoms with van der Waals surface area (Å²) in [7, 11) is 0. The lowest BCUT2D eigenvalue weighted by atomic mass is 10.3. The summed E-state index contributed by atoms with van der Waals surface area (Å²) >= 11 is 3.28. The number of hydrogen-bond donors (Lipinski definition) is 0. The molecule has 21 heavy (non-hydrogen) atoms. The Balaban J connectivity index is 1.71. The maximum Gasteiger partial charge on any atom is 0.416 e. The molecule has 1 fully saturated rings. The predicted molar refractivity (Wildman–Crippen MR) is 73.7 cm³/mol. The van der Waals surface area contributed by atoms with Gasteiger partial charge in [-0.1, -0.05) is 15.9 Å². The molecule has 1 aromatic carbocycles. The fourth-order valence-electron chi connectivity index (χ4n) is 1.55. The van der Waals surface area contributed by atoms with Crippen molar-refractivity contribution in [1.29, 1.82) is 0 Å². The summed E-state index contributed by atoms with van der Waals surface area (Å²) in [6, 6.07) is 6.90. The molecule has 1 saturated heterocycles. The van der Waals surface area contributed by atoms with Crippen LogP contribution in [0.4, 0.5) is 4.79 Å². The lowest BCUT2D eigenvalue weighted by molar-refractivity contribution is -0.152. The maximum atomic E-state index is 11.6. The topological polar surface area (TPSA) is 82.1 Å². The highest BCUT2D eigenvalue weighted by atomic mass is 79.9. The van der Waals surface area contributed by atoms with Crippen LogP contribution in [0.25, 0.3) is 0 Å². The third kappa shape index (κ3) is 4.45. The molecule has 2 rings (SSSR count). The predicted octanol–water partition coefficient (Wildman–Crippen LogP) is 1.35. The first-order chi connectivity index (χ1) is 10.1. The van der Waals surface area contributed by atoms with Gasteiger partial charge in [0.2, 0.25) is 0 Å². The number of carbonyl (C=O) groups is 3. The summed E-state index contributed by atoms with van der Waals surface area (Å²) in [6.45, 7) is -0.507. The van der Waals surface area contributed by atoms with E-state index in [1.807, 2.05) is 0 Å². The van der Waals surface area contributed by atoms with E-state index in [-0.39, 0.29) is 19.8 Å². The summed E-state index contributed by atoms with van der Waals surface area (Å²) in [6.07, 6.45) is -0.720. The molecular weight excluding hydrogens is 346 g/mol. The largest absolute Gasteiger partial charge is 0.482 e. The van der Waals surface area contributed by atoms with E-state index < -0.39 is 24.6 Å². The van der Waals surface area contributed by atoms with E-state index in [1.165, 1.54) is 0 Å². The number of rotatable bonds is 5. The highest BCUT2D eigenvalue weighted by Gasteiger charge is 2.28. The van der Waals surface area contributed by atoms with Crippen molar-refractivity contribution in [3.05, 3.63) is 28.7 Å². The minimum atomic E-state index is -0.720. The highest BCUT2D eigenvalue weighted by molar-refractivity contribution is 9.10. The number of halogens is 1. The first-order valence-corrected chi connectivity index (χ1v) is 6.86. The Kier molecular flexibility index (Phi) is 5.15. The molecule has 2 amide bonds. The van der Waals surface area contributed by atoms with Crippen molar-refractivity contribution in [1.82, 2.24) is 4.90 Å². The molecule has 112 valence electrons. The van der Waals surface area contributed by atoms with Crippen molar-refractivity contribution >= 4 is 33.9 Å². The second-order valence-corrected chi connectivity index (χ2v) is 4.98. The minimum absolute atomic E-state index is 0.158. The van der Waals surface area contributed by atoms with Crippen molar-refractivity contribution in [3.8, 4) is 5.75 Å². The summed E-state index contributed by atoms with van der Waals surface area (Å²) in [5.41, 5.74) is 0. The van der Waals surface area contributed by atoms with E-state index in [0.717, 1.165) is 9.37 Å². The number of cyclic esters (lactones) is 1. The van der Waals surface area contributed by atoms with Gasteiger partial charge in [0.15, 0.2) is 13.2 Å². The summed E-state index contributed by atoms with van der Waals surface area (Å²) in [5, 5.41) is 0. The standard InChI is InChI=1S/C13H12BrNO6/c14-9-1-3-10(4-2-9)20-8-12(17)21-7-11(16)15-5-6-19-13(15)18/h1-4H,5-8H2. The van der Waals surface area contributed by atoms with Crippen molar-refractivity contribution in [2.24, 2.45) is 0 Å². The number of benzene rings is 1. The SMILES string of the molecule is O=C(COc1ccc(Br)cc1)OCC(=O)N1CCOC1=O. The molecule has 0 saturated carbocycles. The molecule has 0 aromatic heterocycles. The molecule has 1 aromatic rings. The van der Waals surface area contributed by atoms with Crippen LogP contribution in [-0.4, -0.2) is 49.2 Å². The number of carbonyl (C=O) groups excluding carboxylic acids is 3. The fourth-order valence-corrected chi connectivity index (χ4v) is 1.82. The van der Waals surface area contributed by atoms with Gasteiger partial charge in [-0.05, 0) is 24.3 Å². The maximum absolute atomic E-state index is 11.6. The van der Waals surface area contributed by atoms with E-state index in [4.69, 9.17) is 9.47 Å². The zero-order valence-corrected chi connectivity index (χ0v) is 12.5. The highest BCUT2D eigenvalue weighted by Crippen LogP contribution is 2.15. The number of hydrogen-bond acceptors (Lipinski definition) is 6. The van der Waals surface area contributed by atoms with Gasteiger partial charge in [-0.15, -0.1) is 0 Å². The van der Waals surface area contributed by atoms with Gasteiger partial charge in [0.25, 0.3) is 5.91 Å². The van der Waals surface area contributed by atoms with Crippen LogP contribution in [-0.2, 0) is 19.1 Å². The van der Waals surface area contributed by atoms with Gasteiger partial charge >= 0.3 is 12.1 Å². The van der Waals surface area contributed by atoms with Gasteiger partial charge in [-0.3, -0.25) is 4.79 Å². The van der Waals surface area contributed by atoms with E-state index in [0.29, 0.717) is 5.75 Å². The van der Waals surface area contributed by atoms with Gasteiger partial charge < -0.3 is 14.2 Å². The van der Waals surface area contributed by atoms with Gasteiger partial charge in [-0.25, -0.2) is 14.5 Å². The fraction of sp³-hybridized carbons (Fsp3) is 0.308. The lowest BCUT2D eigenvalue weighted by Gasteiger charge is -2.11. The minimum Gasteiger partial charge on any atom is -0.482 e.